The third kappa shape index (κ3) is 4.41. The lowest BCUT2D eigenvalue weighted by atomic mass is 10.2. The maximum absolute atomic E-state index is 5.63. The summed E-state index contributed by atoms with van der Waals surface area (Å²) in [7, 11) is 0. The molecule has 3 N–H and O–H groups in total. The maximum Gasteiger partial charge on any atom is 0.188 e. The molecule has 1 unspecified atom stereocenters. The molecular formula is C9H19N3S. The molecule has 0 saturated carbocycles. The van der Waals surface area contributed by atoms with Crippen molar-refractivity contribution in [2.75, 3.05) is 18.8 Å². The van der Waals surface area contributed by atoms with Crippen molar-refractivity contribution in [1.82, 2.24) is 5.32 Å². The molecule has 13 heavy (non-hydrogen) atoms. The Balaban J connectivity index is 2.19. The standard InChI is InChI=1S/C9H19N3S/c1-2-11-9(10)12-7-8-5-3-4-6-13-8/h8H,2-7H2,1H3,(H3,10,11,12). The number of rotatable bonds is 3. The Labute approximate surface area is 84.6 Å². The summed E-state index contributed by atoms with van der Waals surface area (Å²) in [6.07, 6.45) is 4.02. The van der Waals surface area contributed by atoms with E-state index in [0.29, 0.717) is 11.2 Å². The summed E-state index contributed by atoms with van der Waals surface area (Å²) in [4.78, 5) is 4.30. The Bertz CT molecular complexity index is 164. The first-order valence-electron chi connectivity index (χ1n) is 4.98. The molecule has 0 aromatic rings. The van der Waals surface area contributed by atoms with Gasteiger partial charge in [-0.15, -0.1) is 0 Å². The highest BCUT2D eigenvalue weighted by molar-refractivity contribution is 7.99. The molecule has 0 amide bonds. The summed E-state index contributed by atoms with van der Waals surface area (Å²) >= 11 is 2.03. The molecular weight excluding hydrogens is 182 g/mol. The average Bonchev–Trinajstić information content (AvgIpc) is 2.17. The van der Waals surface area contributed by atoms with Crippen molar-refractivity contribution in [3.8, 4) is 0 Å². The van der Waals surface area contributed by atoms with Gasteiger partial charge in [-0.3, -0.25) is 4.99 Å². The highest BCUT2D eigenvalue weighted by atomic mass is 32.2. The molecule has 0 aliphatic carbocycles. The van der Waals surface area contributed by atoms with Gasteiger partial charge in [0.25, 0.3) is 0 Å². The van der Waals surface area contributed by atoms with E-state index in [9.17, 15) is 0 Å². The van der Waals surface area contributed by atoms with Crippen LogP contribution in [0.25, 0.3) is 0 Å². The second-order valence-corrected chi connectivity index (χ2v) is 4.65. The predicted molar refractivity (Wildman–Crippen MR) is 60.3 cm³/mol. The highest BCUT2D eigenvalue weighted by Gasteiger charge is 2.12. The minimum atomic E-state index is 0.591. The molecule has 1 saturated heterocycles. The molecule has 1 atom stereocenters. The molecule has 0 aromatic heterocycles. The third-order valence-electron chi connectivity index (χ3n) is 2.10. The number of nitrogens with two attached hydrogens (primary N) is 1. The molecule has 0 bridgehead atoms. The lowest BCUT2D eigenvalue weighted by Crippen LogP contribution is -2.32. The van der Waals surface area contributed by atoms with Crippen LogP contribution in [-0.4, -0.2) is 30.1 Å². The van der Waals surface area contributed by atoms with Gasteiger partial charge < -0.3 is 11.1 Å². The van der Waals surface area contributed by atoms with E-state index in [4.69, 9.17) is 5.73 Å². The lowest BCUT2D eigenvalue weighted by molar-refractivity contribution is 0.667. The fraction of sp³-hybridized carbons (Fsp3) is 0.889. The second-order valence-electron chi connectivity index (χ2n) is 3.24. The van der Waals surface area contributed by atoms with Gasteiger partial charge in [0.15, 0.2) is 5.96 Å². The van der Waals surface area contributed by atoms with E-state index in [1.807, 2.05) is 18.7 Å². The van der Waals surface area contributed by atoms with E-state index in [2.05, 4.69) is 10.3 Å². The van der Waals surface area contributed by atoms with Crippen molar-refractivity contribution in [2.24, 2.45) is 10.7 Å². The number of hydrogen-bond donors (Lipinski definition) is 2. The Hall–Kier alpha value is -0.380. The number of hydrogen-bond acceptors (Lipinski definition) is 2. The summed E-state index contributed by atoms with van der Waals surface area (Å²) in [6.45, 7) is 3.76. The molecule has 0 aromatic carbocycles. The smallest absolute Gasteiger partial charge is 0.188 e. The molecule has 4 heteroatoms. The monoisotopic (exact) mass is 201 g/mol. The van der Waals surface area contributed by atoms with E-state index < -0.39 is 0 Å². The van der Waals surface area contributed by atoms with Crippen LogP contribution >= 0.6 is 11.8 Å². The molecule has 76 valence electrons. The van der Waals surface area contributed by atoms with E-state index in [1.165, 1.54) is 25.0 Å². The van der Waals surface area contributed by atoms with Gasteiger partial charge in [0.1, 0.15) is 0 Å². The Morgan fingerprint density at radius 3 is 3.08 bits per heavy atom. The molecule has 1 rings (SSSR count). The van der Waals surface area contributed by atoms with Crippen LogP contribution in [0.2, 0.25) is 0 Å². The molecule has 3 nitrogen and oxygen atoms in total. The minimum absolute atomic E-state index is 0.591. The first kappa shape index (κ1) is 10.7. The number of thioether (sulfide) groups is 1. The van der Waals surface area contributed by atoms with E-state index in [-0.39, 0.29) is 0 Å². The van der Waals surface area contributed by atoms with Crippen molar-refractivity contribution in [3.05, 3.63) is 0 Å². The van der Waals surface area contributed by atoms with E-state index in [1.54, 1.807) is 0 Å². The number of nitrogens with one attached hydrogen (secondary N) is 1. The van der Waals surface area contributed by atoms with Crippen LogP contribution in [0.15, 0.2) is 4.99 Å². The second kappa shape index (κ2) is 6.13. The summed E-state index contributed by atoms with van der Waals surface area (Å²) in [5.74, 6) is 1.88. The Morgan fingerprint density at radius 1 is 1.62 bits per heavy atom. The SMILES string of the molecule is CCNC(N)=NCC1CCCCS1. The van der Waals surface area contributed by atoms with Gasteiger partial charge in [0, 0.05) is 11.8 Å². The zero-order valence-electron chi connectivity index (χ0n) is 8.25. The summed E-state index contributed by atoms with van der Waals surface area (Å²) in [5.41, 5.74) is 5.63. The average molecular weight is 201 g/mol. The number of guanidine groups is 1. The van der Waals surface area contributed by atoms with Crippen molar-refractivity contribution < 1.29 is 0 Å². The van der Waals surface area contributed by atoms with Gasteiger partial charge in [-0.25, -0.2) is 0 Å². The van der Waals surface area contributed by atoms with Crippen molar-refractivity contribution in [1.29, 1.82) is 0 Å². The quantitative estimate of drug-likeness (QED) is 0.533. The van der Waals surface area contributed by atoms with Crippen LogP contribution in [0.1, 0.15) is 26.2 Å². The Morgan fingerprint density at radius 2 is 2.46 bits per heavy atom. The zero-order chi connectivity index (χ0) is 9.52. The molecule has 0 spiro atoms. The number of aliphatic imine (C=N–C) groups is 1. The third-order valence-corrected chi connectivity index (χ3v) is 3.48. The van der Waals surface area contributed by atoms with Gasteiger partial charge in [-0.2, -0.15) is 11.8 Å². The zero-order valence-corrected chi connectivity index (χ0v) is 9.07. The van der Waals surface area contributed by atoms with Crippen molar-refractivity contribution >= 4 is 17.7 Å². The van der Waals surface area contributed by atoms with Gasteiger partial charge in [0.2, 0.25) is 0 Å². The van der Waals surface area contributed by atoms with Crippen LogP contribution in [0, 0.1) is 0 Å². The maximum atomic E-state index is 5.63. The molecule has 1 aliphatic heterocycles. The molecule has 1 fully saturated rings. The van der Waals surface area contributed by atoms with E-state index in [0.717, 1.165) is 13.1 Å². The van der Waals surface area contributed by atoms with E-state index >= 15 is 0 Å². The normalized spacial score (nSPS) is 24.4. The van der Waals surface area contributed by atoms with Crippen molar-refractivity contribution in [2.45, 2.75) is 31.4 Å². The molecule has 1 heterocycles. The van der Waals surface area contributed by atoms with Gasteiger partial charge in [-0.05, 0) is 25.5 Å². The van der Waals surface area contributed by atoms with Crippen LogP contribution in [0.5, 0.6) is 0 Å². The largest absolute Gasteiger partial charge is 0.370 e. The molecule has 0 radical (unpaired) electrons. The number of nitrogens with zero attached hydrogens (tertiary/aromatic N) is 1. The van der Waals surface area contributed by atoms with Crippen LogP contribution < -0.4 is 11.1 Å². The Kier molecular flexibility index (Phi) is 5.05. The first-order valence-corrected chi connectivity index (χ1v) is 6.03. The van der Waals surface area contributed by atoms with Gasteiger partial charge in [-0.1, -0.05) is 6.42 Å². The molecule has 1 aliphatic rings. The highest BCUT2D eigenvalue weighted by Crippen LogP contribution is 2.24. The first-order chi connectivity index (χ1) is 6.33. The fourth-order valence-electron chi connectivity index (χ4n) is 1.39. The fourth-order valence-corrected chi connectivity index (χ4v) is 2.61. The van der Waals surface area contributed by atoms with Gasteiger partial charge >= 0.3 is 0 Å². The lowest BCUT2D eigenvalue weighted by Gasteiger charge is -2.19. The summed E-state index contributed by atoms with van der Waals surface area (Å²) < 4.78 is 0. The van der Waals surface area contributed by atoms with Crippen LogP contribution in [0.4, 0.5) is 0 Å². The summed E-state index contributed by atoms with van der Waals surface area (Å²) in [5, 5.41) is 3.70. The summed E-state index contributed by atoms with van der Waals surface area (Å²) in [6, 6.07) is 0. The van der Waals surface area contributed by atoms with Crippen molar-refractivity contribution in [3.63, 3.8) is 0 Å². The predicted octanol–water partition coefficient (Wildman–Crippen LogP) is 1.20. The van der Waals surface area contributed by atoms with Crippen LogP contribution in [0.3, 0.4) is 0 Å². The van der Waals surface area contributed by atoms with Gasteiger partial charge in [0.05, 0.1) is 6.54 Å². The van der Waals surface area contributed by atoms with Crippen LogP contribution in [-0.2, 0) is 0 Å². The minimum Gasteiger partial charge on any atom is -0.370 e. The topological polar surface area (TPSA) is 50.4 Å².